The Labute approximate surface area is 179 Å². The smallest absolute Gasteiger partial charge is 0.268 e. The number of ether oxygens (including phenoxy) is 1. The number of aryl methyl sites for hydroxylation is 2. The molecule has 1 N–H and O–H groups in total. The number of amides is 1. The van der Waals surface area contributed by atoms with Crippen molar-refractivity contribution in [2.75, 3.05) is 11.9 Å². The molecule has 0 radical (unpaired) electrons. The van der Waals surface area contributed by atoms with Gasteiger partial charge in [-0.25, -0.2) is 4.98 Å². The minimum Gasteiger partial charge on any atom is -0.376 e. The number of thiazole rings is 1. The molecule has 1 saturated heterocycles. The van der Waals surface area contributed by atoms with Crippen molar-refractivity contribution in [3.63, 3.8) is 0 Å². The second kappa shape index (κ2) is 8.42. The maximum atomic E-state index is 12.7. The van der Waals surface area contributed by atoms with Gasteiger partial charge in [-0.2, -0.15) is 5.26 Å². The molecule has 0 spiro atoms. The number of nitrogens with one attached hydrogen (secondary N) is 1. The van der Waals surface area contributed by atoms with E-state index in [2.05, 4.69) is 14.9 Å². The van der Waals surface area contributed by atoms with E-state index in [1.54, 1.807) is 6.08 Å². The van der Waals surface area contributed by atoms with Crippen LogP contribution in [0.1, 0.15) is 35.4 Å². The topological polar surface area (TPSA) is 79.9 Å². The van der Waals surface area contributed by atoms with Crippen molar-refractivity contribution < 1.29 is 9.53 Å². The van der Waals surface area contributed by atoms with Crippen molar-refractivity contribution in [3.05, 3.63) is 52.4 Å². The Bertz CT molecular complexity index is 1180. The SMILES string of the molecule is Cc1ccc2nc(NC(=O)/C(C#N)=C\c3cc(C)n(CC4CCCO4)c3C)sc2c1. The zero-order valence-corrected chi connectivity index (χ0v) is 18.2. The Morgan fingerprint density at radius 3 is 2.97 bits per heavy atom. The molecule has 1 unspecified atom stereocenters. The van der Waals surface area contributed by atoms with Crippen LogP contribution >= 0.6 is 11.3 Å². The Morgan fingerprint density at radius 2 is 2.23 bits per heavy atom. The van der Waals surface area contributed by atoms with E-state index in [0.29, 0.717) is 5.13 Å². The van der Waals surface area contributed by atoms with Crippen LogP contribution in [0, 0.1) is 32.1 Å². The quantitative estimate of drug-likeness (QED) is 0.477. The summed E-state index contributed by atoms with van der Waals surface area (Å²) in [6.07, 6.45) is 4.05. The number of rotatable bonds is 5. The number of carbonyl (C=O) groups is 1. The summed E-state index contributed by atoms with van der Waals surface area (Å²) in [6.45, 7) is 7.68. The number of carbonyl (C=O) groups excluding carboxylic acids is 1. The highest BCUT2D eigenvalue weighted by atomic mass is 32.1. The lowest BCUT2D eigenvalue weighted by atomic mass is 10.1. The van der Waals surface area contributed by atoms with Crippen LogP contribution in [-0.4, -0.2) is 28.2 Å². The molecule has 3 heterocycles. The Morgan fingerprint density at radius 1 is 1.40 bits per heavy atom. The van der Waals surface area contributed by atoms with Crippen molar-refractivity contribution in [1.82, 2.24) is 9.55 Å². The average Bonchev–Trinajstić information content (AvgIpc) is 3.42. The molecule has 1 aliphatic heterocycles. The molecule has 0 saturated carbocycles. The van der Waals surface area contributed by atoms with Crippen molar-refractivity contribution >= 4 is 38.7 Å². The van der Waals surface area contributed by atoms with E-state index in [-0.39, 0.29) is 11.7 Å². The van der Waals surface area contributed by atoms with Gasteiger partial charge in [-0.1, -0.05) is 17.4 Å². The molecule has 30 heavy (non-hydrogen) atoms. The zero-order chi connectivity index (χ0) is 21.3. The van der Waals surface area contributed by atoms with Crippen LogP contribution in [-0.2, 0) is 16.1 Å². The molecule has 1 aliphatic rings. The monoisotopic (exact) mass is 420 g/mol. The second-order valence-corrected chi connectivity index (χ2v) is 8.72. The molecule has 1 fully saturated rings. The highest BCUT2D eigenvalue weighted by molar-refractivity contribution is 7.22. The van der Waals surface area contributed by atoms with Crippen LogP contribution in [0.3, 0.4) is 0 Å². The van der Waals surface area contributed by atoms with Gasteiger partial charge in [0.15, 0.2) is 5.13 Å². The van der Waals surface area contributed by atoms with E-state index < -0.39 is 5.91 Å². The number of anilines is 1. The predicted octanol–water partition coefficient (Wildman–Crippen LogP) is 4.75. The first-order valence-corrected chi connectivity index (χ1v) is 10.8. The molecule has 0 aliphatic carbocycles. The van der Waals surface area contributed by atoms with E-state index in [1.165, 1.54) is 11.3 Å². The molecule has 1 aromatic carbocycles. The number of nitriles is 1. The summed E-state index contributed by atoms with van der Waals surface area (Å²) in [6, 6.07) is 10.00. The third-order valence-corrected chi connectivity index (χ3v) is 6.39. The Kier molecular flexibility index (Phi) is 5.71. The molecule has 2 aromatic heterocycles. The van der Waals surface area contributed by atoms with Crippen LogP contribution in [0.15, 0.2) is 29.8 Å². The van der Waals surface area contributed by atoms with Crippen molar-refractivity contribution in [2.24, 2.45) is 0 Å². The van der Waals surface area contributed by atoms with Crippen LogP contribution in [0.25, 0.3) is 16.3 Å². The van der Waals surface area contributed by atoms with Gasteiger partial charge >= 0.3 is 0 Å². The first-order valence-electron chi connectivity index (χ1n) is 10.0. The van der Waals surface area contributed by atoms with Gasteiger partial charge in [-0.05, 0) is 69.0 Å². The summed E-state index contributed by atoms with van der Waals surface area (Å²) < 4.78 is 8.96. The van der Waals surface area contributed by atoms with Gasteiger partial charge in [0.05, 0.1) is 16.3 Å². The van der Waals surface area contributed by atoms with E-state index in [0.717, 1.165) is 58.7 Å². The van der Waals surface area contributed by atoms with Gasteiger partial charge in [-0.3, -0.25) is 10.1 Å². The van der Waals surface area contributed by atoms with E-state index in [9.17, 15) is 10.1 Å². The number of aromatic nitrogens is 2. The van der Waals surface area contributed by atoms with Crippen LogP contribution in [0.2, 0.25) is 0 Å². The van der Waals surface area contributed by atoms with Crippen molar-refractivity contribution in [2.45, 2.75) is 46.3 Å². The number of fused-ring (bicyclic) bond motifs is 1. The molecule has 1 amide bonds. The summed E-state index contributed by atoms with van der Waals surface area (Å²) in [5.74, 6) is -0.447. The maximum absolute atomic E-state index is 12.7. The lowest BCUT2D eigenvalue weighted by Gasteiger charge is -2.14. The lowest BCUT2D eigenvalue weighted by molar-refractivity contribution is -0.112. The van der Waals surface area contributed by atoms with Crippen molar-refractivity contribution in [1.29, 1.82) is 5.26 Å². The predicted molar refractivity (Wildman–Crippen MR) is 119 cm³/mol. The second-order valence-electron chi connectivity index (χ2n) is 7.69. The number of hydrogen-bond acceptors (Lipinski definition) is 5. The Balaban J connectivity index is 1.55. The fourth-order valence-electron chi connectivity index (χ4n) is 3.80. The molecule has 0 bridgehead atoms. The average molecular weight is 421 g/mol. The summed E-state index contributed by atoms with van der Waals surface area (Å²) in [5, 5.41) is 12.8. The Hall–Kier alpha value is -2.95. The minimum absolute atomic E-state index is 0.0582. The largest absolute Gasteiger partial charge is 0.376 e. The van der Waals surface area contributed by atoms with Crippen LogP contribution in [0.4, 0.5) is 5.13 Å². The molecule has 3 aromatic rings. The fourth-order valence-corrected chi connectivity index (χ4v) is 4.76. The minimum atomic E-state index is -0.447. The van der Waals surface area contributed by atoms with Crippen LogP contribution in [0.5, 0.6) is 0 Å². The van der Waals surface area contributed by atoms with Gasteiger partial charge in [0.1, 0.15) is 11.6 Å². The molecular weight excluding hydrogens is 396 g/mol. The third kappa shape index (κ3) is 4.16. The third-order valence-electron chi connectivity index (χ3n) is 5.45. The summed E-state index contributed by atoms with van der Waals surface area (Å²) in [4.78, 5) is 17.2. The standard InChI is InChI=1S/C23H24N4O2S/c1-14-6-7-20-21(9-14)30-23(25-20)26-22(28)18(12-24)11-17-10-15(2)27(16(17)3)13-19-5-4-8-29-19/h6-7,9-11,19H,4-5,8,13H2,1-3H3,(H,25,26,28)/b18-11-. The van der Waals surface area contributed by atoms with E-state index >= 15 is 0 Å². The van der Waals surface area contributed by atoms with E-state index in [1.807, 2.05) is 51.1 Å². The summed E-state index contributed by atoms with van der Waals surface area (Å²) in [7, 11) is 0. The summed E-state index contributed by atoms with van der Waals surface area (Å²) >= 11 is 1.40. The lowest BCUT2D eigenvalue weighted by Crippen LogP contribution is -2.17. The summed E-state index contributed by atoms with van der Waals surface area (Å²) in [5.41, 5.74) is 5.02. The first-order chi connectivity index (χ1) is 14.4. The van der Waals surface area contributed by atoms with E-state index in [4.69, 9.17) is 4.74 Å². The highest BCUT2D eigenvalue weighted by Gasteiger charge is 2.19. The number of benzene rings is 1. The normalized spacial score (nSPS) is 16.7. The van der Waals surface area contributed by atoms with Gasteiger partial charge in [0.2, 0.25) is 0 Å². The highest BCUT2D eigenvalue weighted by Crippen LogP contribution is 2.27. The fraction of sp³-hybridized carbons (Fsp3) is 0.348. The zero-order valence-electron chi connectivity index (χ0n) is 17.4. The first kappa shape index (κ1) is 20.3. The maximum Gasteiger partial charge on any atom is 0.268 e. The number of hydrogen-bond donors (Lipinski definition) is 1. The molecule has 6 nitrogen and oxygen atoms in total. The molecule has 7 heteroatoms. The van der Waals surface area contributed by atoms with Gasteiger partial charge in [-0.15, -0.1) is 0 Å². The molecule has 1 atom stereocenters. The van der Waals surface area contributed by atoms with Gasteiger partial charge in [0.25, 0.3) is 5.91 Å². The number of nitrogens with zero attached hydrogens (tertiary/aromatic N) is 3. The van der Waals surface area contributed by atoms with Crippen molar-refractivity contribution in [3.8, 4) is 6.07 Å². The van der Waals surface area contributed by atoms with Gasteiger partial charge < -0.3 is 9.30 Å². The van der Waals surface area contributed by atoms with Crippen LogP contribution < -0.4 is 5.32 Å². The molecule has 154 valence electrons. The molecular formula is C23H24N4O2S. The molecule has 4 rings (SSSR count). The van der Waals surface area contributed by atoms with Gasteiger partial charge in [0, 0.05) is 24.5 Å².